The Labute approximate surface area is 155 Å². The summed E-state index contributed by atoms with van der Waals surface area (Å²) in [6.07, 6.45) is 7.10. The standard InChI is InChI=1S/C20H26N2O3S/c1-14-17(13-22(5)18(14)11-12-20(2,3)4)19(23)21-15-7-9-16(10-8-15)26(6,24)25/h7-13H,1-6H3,(H,21,23). The Morgan fingerprint density at radius 3 is 2.23 bits per heavy atom. The number of aromatic nitrogens is 1. The molecule has 1 aromatic carbocycles. The predicted octanol–water partition coefficient (Wildman–Crippen LogP) is 4.05. The molecule has 0 fully saturated rings. The fourth-order valence-corrected chi connectivity index (χ4v) is 3.18. The molecule has 2 rings (SSSR count). The van der Waals surface area contributed by atoms with Crippen LogP contribution in [0.25, 0.3) is 6.08 Å². The van der Waals surface area contributed by atoms with E-state index in [-0.39, 0.29) is 16.2 Å². The number of nitrogens with one attached hydrogen (secondary N) is 1. The maximum Gasteiger partial charge on any atom is 0.257 e. The average Bonchev–Trinajstić information content (AvgIpc) is 2.79. The van der Waals surface area contributed by atoms with Gasteiger partial charge in [0.05, 0.1) is 10.5 Å². The number of sulfone groups is 1. The molecule has 1 amide bonds. The van der Waals surface area contributed by atoms with Crippen LogP contribution < -0.4 is 5.32 Å². The van der Waals surface area contributed by atoms with Crippen molar-refractivity contribution >= 4 is 27.5 Å². The molecule has 0 bridgehead atoms. The van der Waals surface area contributed by atoms with Crippen molar-refractivity contribution in [2.45, 2.75) is 32.6 Å². The highest BCUT2D eigenvalue weighted by molar-refractivity contribution is 7.90. The van der Waals surface area contributed by atoms with E-state index in [1.165, 1.54) is 12.1 Å². The minimum Gasteiger partial charge on any atom is -0.350 e. The number of amides is 1. The maximum atomic E-state index is 12.6. The Bertz CT molecular complexity index is 944. The second-order valence-corrected chi connectivity index (χ2v) is 9.63. The summed E-state index contributed by atoms with van der Waals surface area (Å²) in [6, 6.07) is 6.15. The normalized spacial score (nSPS) is 12.5. The number of carbonyl (C=O) groups excluding carboxylic acids is 1. The van der Waals surface area contributed by atoms with Crippen LogP contribution in [-0.2, 0) is 16.9 Å². The van der Waals surface area contributed by atoms with Crippen LogP contribution in [0.2, 0.25) is 0 Å². The third-order valence-electron chi connectivity index (χ3n) is 4.02. The van der Waals surface area contributed by atoms with Crippen molar-refractivity contribution in [3.63, 3.8) is 0 Å². The molecule has 0 atom stereocenters. The summed E-state index contributed by atoms with van der Waals surface area (Å²) in [5.41, 5.74) is 3.09. The summed E-state index contributed by atoms with van der Waals surface area (Å²) < 4.78 is 24.9. The Balaban J connectivity index is 2.24. The minimum absolute atomic E-state index is 0.0560. The fraction of sp³-hybridized carbons (Fsp3) is 0.350. The summed E-state index contributed by atoms with van der Waals surface area (Å²) in [6.45, 7) is 8.28. The van der Waals surface area contributed by atoms with E-state index in [0.29, 0.717) is 11.3 Å². The van der Waals surface area contributed by atoms with E-state index in [9.17, 15) is 13.2 Å². The van der Waals surface area contributed by atoms with E-state index >= 15 is 0 Å². The highest BCUT2D eigenvalue weighted by Gasteiger charge is 2.16. The van der Waals surface area contributed by atoms with Gasteiger partial charge in [0.25, 0.3) is 5.91 Å². The van der Waals surface area contributed by atoms with Crippen LogP contribution in [0.15, 0.2) is 41.4 Å². The number of allylic oxidation sites excluding steroid dienone is 1. The van der Waals surface area contributed by atoms with E-state index in [1.54, 1.807) is 18.3 Å². The topological polar surface area (TPSA) is 68.2 Å². The monoisotopic (exact) mass is 374 g/mol. The number of anilines is 1. The summed E-state index contributed by atoms with van der Waals surface area (Å²) >= 11 is 0. The van der Waals surface area contributed by atoms with Crippen LogP contribution in [0.4, 0.5) is 5.69 Å². The first kappa shape index (κ1) is 20.0. The molecular formula is C20H26N2O3S. The lowest BCUT2D eigenvalue weighted by atomic mass is 9.95. The van der Waals surface area contributed by atoms with Crippen molar-refractivity contribution in [1.82, 2.24) is 4.57 Å². The predicted molar refractivity (Wildman–Crippen MR) is 106 cm³/mol. The summed E-state index contributed by atoms with van der Waals surface area (Å²) in [5.74, 6) is -0.222. The fourth-order valence-electron chi connectivity index (χ4n) is 2.55. The second-order valence-electron chi connectivity index (χ2n) is 7.61. The van der Waals surface area contributed by atoms with Crippen molar-refractivity contribution < 1.29 is 13.2 Å². The largest absolute Gasteiger partial charge is 0.350 e. The van der Waals surface area contributed by atoms with E-state index < -0.39 is 9.84 Å². The molecule has 26 heavy (non-hydrogen) atoms. The number of benzene rings is 1. The lowest BCUT2D eigenvalue weighted by Crippen LogP contribution is -2.12. The van der Waals surface area contributed by atoms with Gasteiger partial charge in [-0.25, -0.2) is 8.42 Å². The Kier molecular flexibility index (Phi) is 5.47. The number of carbonyl (C=O) groups is 1. The van der Waals surface area contributed by atoms with Gasteiger partial charge in [0.2, 0.25) is 0 Å². The molecule has 0 aliphatic heterocycles. The van der Waals surface area contributed by atoms with Crippen molar-refractivity contribution in [2.24, 2.45) is 12.5 Å². The molecule has 2 aromatic rings. The molecular weight excluding hydrogens is 348 g/mol. The van der Waals surface area contributed by atoms with Crippen molar-refractivity contribution in [3.05, 3.63) is 53.4 Å². The lowest BCUT2D eigenvalue weighted by molar-refractivity contribution is 0.102. The van der Waals surface area contributed by atoms with E-state index in [2.05, 4.69) is 32.2 Å². The number of rotatable bonds is 4. The maximum absolute atomic E-state index is 12.6. The lowest BCUT2D eigenvalue weighted by Gasteiger charge is -2.11. The Hall–Kier alpha value is -2.34. The van der Waals surface area contributed by atoms with Gasteiger partial charge >= 0.3 is 0 Å². The van der Waals surface area contributed by atoms with E-state index in [0.717, 1.165) is 17.5 Å². The zero-order chi connectivity index (χ0) is 19.7. The molecule has 0 radical (unpaired) electrons. The van der Waals surface area contributed by atoms with Gasteiger partial charge in [-0.3, -0.25) is 4.79 Å². The molecule has 140 valence electrons. The Morgan fingerprint density at radius 2 is 1.73 bits per heavy atom. The smallest absolute Gasteiger partial charge is 0.257 e. The zero-order valence-electron chi connectivity index (χ0n) is 16.1. The quantitative estimate of drug-likeness (QED) is 0.878. The molecule has 1 heterocycles. The minimum atomic E-state index is -3.25. The molecule has 0 saturated heterocycles. The molecule has 5 nitrogen and oxygen atoms in total. The molecule has 0 aliphatic carbocycles. The van der Waals surface area contributed by atoms with Gasteiger partial charge in [0, 0.05) is 30.9 Å². The molecule has 0 unspecified atom stereocenters. The van der Waals surface area contributed by atoms with Crippen molar-refractivity contribution in [1.29, 1.82) is 0 Å². The highest BCUT2D eigenvalue weighted by atomic mass is 32.2. The first-order chi connectivity index (χ1) is 11.9. The van der Waals surface area contributed by atoms with Gasteiger partial charge in [-0.1, -0.05) is 26.8 Å². The molecule has 1 aromatic heterocycles. The average molecular weight is 375 g/mol. The third-order valence-corrected chi connectivity index (χ3v) is 5.15. The summed E-state index contributed by atoms with van der Waals surface area (Å²) in [7, 11) is -1.34. The number of hydrogen-bond donors (Lipinski definition) is 1. The van der Waals surface area contributed by atoms with Crippen molar-refractivity contribution in [3.8, 4) is 0 Å². The number of aryl methyl sites for hydroxylation is 1. The van der Waals surface area contributed by atoms with Crippen LogP contribution in [0.5, 0.6) is 0 Å². The summed E-state index contributed by atoms with van der Waals surface area (Å²) in [5, 5.41) is 2.82. The zero-order valence-corrected chi connectivity index (χ0v) is 16.9. The van der Waals surface area contributed by atoms with Gasteiger partial charge in [0.1, 0.15) is 0 Å². The van der Waals surface area contributed by atoms with Crippen molar-refractivity contribution in [2.75, 3.05) is 11.6 Å². The van der Waals surface area contributed by atoms with E-state index in [1.807, 2.05) is 24.6 Å². The van der Waals surface area contributed by atoms with Crippen LogP contribution in [0.3, 0.4) is 0 Å². The van der Waals surface area contributed by atoms with Crippen LogP contribution in [0, 0.1) is 12.3 Å². The molecule has 0 aliphatic rings. The van der Waals surface area contributed by atoms with Crippen LogP contribution in [0.1, 0.15) is 42.4 Å². The summed E-state index contributed by atoms with van der Waals surface area (Å²) in [4.78, 5) is 12.8. The SMILES string of the molecule is Cc1c(C(=O)Nc2ccc(S(C)(=O)=O)cc2)cn(C)c1C=CC(C)(C)C. The Morgan fingerprint density at radius 1 is 1.15 bits per heavy atom. The van der Waals surface area contributed by atoms with Gasteiger partial charge in [-0.15, -0.1) is 0 Å². The number of nitrogens with zero attached hydrogens (tertiary/aromatic N) is 1. The van der Waals surface area contributed by atoms with Gasteiger partial charge < -0.3 is 9.88 Å². The molecule has 0 saturated carbocycles. The van der Waals surface area contributed by atoms with Gasteiger partial charge in [0.15, 0.2) is 9.84 Å². The molecule has 6 heteroatoms. The second kappa shape index (κ2) is 7.11. The van der Waals surface area contributed by atoms with Gasteiger partial charge in [-0.2, -0.15) is 0 Å². The van der Waals surface area contributed by atoms with E-state index in [4.69, 9.17) is 0 Å². The molecule has 1 N–H and O–H groups in total. The van der Waals surface area contributed by atoms with Crippen LogP contribution in [-0.4, -0.2) is 25.1 Å². The van der Waals surface area contributed by atoms with Gasteiger partial charge in [-0.05, 0) is 48.2 Å². The van der Waals surface area contributed by atoms with Crippen LogP contribution >= 0.6 is 0 Å². The first-order valence-electron chi connectivity index (χ1n) is 8.35. The first-order valence-corrected chi connectivity index (χ1v) is 10.2. The third kappa shape index (κ3) is 4.85. The number of hydrogen-bond acceptors (Lipinski definition) is 3. The highest BCUT2D eigenvalue weighted by Crippen LogP contribution is 2.23. The molecule has 0 spiro atoms.